The maximum Gasteiger partial charge on any atom is 0.273 e. The molecular weight excluding hydrogens is 288 g/mol. The Bertz CT molecular complexity index is 523. The highest BCUT2D eigenvalue weighted by Crippen LogP contribution is 2.13. The predicted octanol–water partition coefficient (Wildman–Crippen LogP) is 0.434. The summed E-state index contributed by atoms with van der Waals surface area (Å²) >= 11 is 0. The lowest BCUT2D eigenvalue weighted by molar-refractivity contribution is 0.393. The first-order chi connectivity index (χ1) is 8.81. The molecule has 0 aromatic carbocycles. The molecule has 1 aromatic rings. The summed E-state index contributed by atoms with van der Waals surface area (Å²) in [6.45, 7) is 4.60. The van der Waals surface area contributed by atoms with Crippen LogP contribution in [0.3, 0.4) is 0 Å². The molecule has 0 radical (unpaired) electrons. The fraction of sp³-hybridized carbons (Fsp3) is 0.636. The van der Waals surface area contributed by atoms with E-state index in [1.165, 1.54) is 12.3 Å². The molecule has 0 aliphatic carbocycles. The Morgan fingerprint density at radius 1 is 1.37 bits per heavy atom. The molecule has 1 aromatic heterocycles. The second-order valence-corrected chi connectivity index (χ2v) is 7.68. The minimum absolute atomic E-state index is 0.116. The summed E-state index contributed by atoms with van der Waals surface area (Å²) in [6, 6.07) is 3.34. The number of nitrogens with one attached hydrogen (secondary N) is 2. The average molecular weight is 308 g/mol. The summed E-state index contributed by atoms with van der Waals surface area (Å²) in [5.41, 5.74) is 0. The first-order valence-corrected chi connectivity index (χ1v) is 9.14. The molecule has 110 valence electrons. The van der Waals surface area contributed by atoms with Crippen LogP contribution >= 0.6 is 0 Å². The van der Waals surface area contributed by atoms with Crippen LogP contribution < -0.4 is 10.0 Å². The van der Waals surface area contributed by atoms with Crippen molar-refractivity contribution in [3.63, 3.8) is 0 Å². The fourth-order valence-corrected chi connectivity index (χ4v) is 2.79. The molecule has 0 amide bonds. The monoisotopic (exact) mass is 308 g/mol. The molecule has 6 nitrogen and oxygen atoms in total. The fourth-order valence-electron chi connectivity index (χ4n) is 1.29. The minimum Gasteiger partial charge on any atom is -0.447 e. The second-order valence-electron chi connectivity index (χ2n) is 4.43. The molecule has 1 atom stereocenters. The van der Waals surface area contributed by atoms with Gasteiger partial charge < -0.3 is 9.73 Å². The maximum absolute atomic E-state index is 11.8. The van der Waals surface area contributed by atoms with Crippen LogP contribution in [0.15, 0.2) is 21.6 Å². The van der Waals surface area contributed by atoms with Crippen LogP contribution in [-0.2, 0) is 27.4 Å². The molecule has 2 N–H and O–H groups in total. The molecule has 0 bridgehead atoms. The first-order valence-electron chi connectivity index (χ1n) is 5.93. The Morgan fingerprint density at radius 2 is 2.05 bits per heavy atom. The summed E-state index contributed by atoms with van der Waals surface area (Å²) in [6.07, 6.45) is 1.52. The van der Waals surface area contributed by atoms with Gasteiger partial charge in [0.05, 0.1) is 6.54 Å². The highest BCUT2D eigenvalue weighted by atomic mass is 32.2. The van der Waals surface area contributed by atoms with E-state index in [9.17, 15) is 12.6 Å². The third-order valence-corrected chi connectivity index (χ3v) is 4.38. The molecule has 1 rings (SSSR count). The molecule has 0 saturated carbocycles. The molecule has 1 heterocycles. The van der Waals surface area contributed by atoms with Gasteiger partial charge in [-0.15, -0.1) is 0 Å². The van der Waals surface area contributed by atoms with E-state index in [4.69, 9.17) is 4.42 Å². The van der Waals surface area contributed by atoms with Gasteiger partial charge in [0.2, 0.25) is 5.09 Å². The number of furan rings is 1. The lowest BCUT2D eigenvalue weighted by Crippen LogP contribution is -2.27. The smallest absolute Gasteiger partial charge is 0.273 e. The molecular formula is C11H20N2O4S2. The SMILES string of the molecule is CC(C)NCc1ccc(S(=O)(=O)NCCS(C)=O)o1. The Hall–Kier alpha value is -0.700. The molecule has 8 heteroatoms. The van der Waals surface area contributed by atoms with E-state index in [1.807, 2.05) is 13.8 Å². The van der Waals surface area contributed by atoms with Crippen LogP contribution in [0, 0.1) is 0 Å². The zero-order valence-electron chi connectivity index (χ0n) is 11.3. The second kappa shape index (κ2) is 7.18. The van der Waals surface area contributed by atoms with Crippen LogP contribution in [0.2, 0.25) is 0 Å². The van der Waals surface area contributed by atoms with Crippen LogP contribution in [0.4, 0.5) is 0 Å². The van der Waals surface area contributed by atoms with Crippen molar-refractivity contribution in [2.75, 3.05) is 18.6 Å². The molecule has 0 spiro atoms. The number of hydrogen-bond acceptors (Lipinski definition) is 5. The van der Waals surface area contributed by atoms with Crippen molar-refractivity contribution < 1.29 is 17.0 Å². The minimum atomic E-state index is -3.65. The highest BCUT2D eigenvalue weighted by Gasteiger charge is 2.18. The Kier molecular flexibility index (Phi) is 6.18. The molecule has 1 unspecified atom stereocenters. The van der Waals surface area contributed by atoms with Gasteiger partial charge in [-0.05, 0) is 12.1 Å². The highest BCUT2D eigenvalue weighted by molar-refractivity contribution is 7.89. The number of hydrogen-bond donors (Lipinski definition) is 2. The van der Waals surface area contributed by atoms with Crippen molar-refractivity contribution in [3.8, 4) is 0 Å². The number of sulfonamides is 1. The van der Waals surface area contributed by atoms with Crippen molar-refractivity contribution >= 4 is 20.8 Å². The van der Waals surface area contributed by atoms with Crippen molar-refractivity contribution in [1.29, 1.82) is 0 Å². The van der Waals surface area contributed by atoms with Gasteiger partial charge in [-0.1, -0.05) is 13.8 Å². The van der Waals surface area contributed by atoms with Gasteiger partial charge in [-0.25, -0.2) is 13.1 Å². The van der Waals surface area contributed by atoms with Crippen LogP contribution in [-0.4, -0.2) is 37.2 Å². The Balaban J connectivity index is 2.61. The van der Waals surface area contributed by atoms with Gasteiger partial charge in [-0.3, -0.25) is 4.21 Å². The van der Waals surface area contributed by atoms with Crippen molar-refractivity contribution in [1.82, 2.24) is 10.0 Å². The predicted molar refractivity (Wildman–Crippen MR) is 74.8 cm³/mol. The quantitative estimate of drug-likeness (QED) is 0.727. The molecule has 0 fully saturated rings. The van der Waals surface area contributed by atoms with E-state index < -0.39 is 20.8 Å². The van der Waals surface area contributed by atoms with E-state index in [0.29, 0.717) is 18.3 Å². The first kappa shape index (κ1) is 16.4. The molecule has 0 saturated heterocycles. The maximum atomic E-state index is 11.8. The summed E-state index contributed by atoms with van der Waals surface area (Å²) in [4.78, 5) is 0. The van der Waals surface area contributed by atoms with Crippen LogP contribution in [0.25, 0.3) is 0 Å². The van der Waals surface area contributed by atoms with Gasteiger partial charge in [0.25, 0.3) is 10.0 Å². The summed E-state index contributed by atoms with van der Waals surface area (Å²) in [7, 11) is -4.68. The number of rotatable bonds is 8. The van der Waals surface area contributed by atoms with E-state index in [0.717, 1.165) is 0 Å². The Morgan fingerprint density at radius 3 is 2.63 bits per heavy atom. The van der Waals surface area contributed by atoms with E-state index >= 15 is 0 Å². The Labute approximate surface area is 116 Å². The van der Waals surface area contributed by atoms with Crippen LogP contribution in [0.1, 0.15) is 19.6 Å². The lowest BCUT2D eigenvalue weighted by atomic mass is 10.3. The van der Waals surface area contributed by atoms with E-state index in [-0.39, 0.29) is 17.4 Å². The zero-order valence-corrected chi connectivity index (χ0v) is 12.9. The zero-order chi connectivity index (χ0) is 14.5. The van der Waals surface area contributed by atoms with Gasteiger partial charge in [0.1, 0.15) is 5.76 Å². The largest absolute Gasteiger partial charge is 0.447 e. The van der Waals surface area contributed by atoms with Gasteiger partial charge in [-0.2, -0.15) is 0 Å². The standard InChI is InChI=1S/C11H20N2O4S2/c1-9(2)12-8-10-4-5-11(17-10)19(15,16)13-6-7-18(3)14/h4-5,9,12-13H,6-8H2,1-3H3. The van der Waals surface area contributed by atoms with Gasteiger partial charge in [0.15, 0.2) is 0 Å². The summed E-state index contributed by atoms with van der Waals surface area (Å²) in [5.74, 6) is 0.843. The van der Waals surface area contributed by atoms with Crippen molar-refractivity contribution in [2.45, 2.75) is 31.5 Å². The molecule has 0 aliphatic rings. The summed E-state index contributed by atoms with van der Waals surface area (Å²) < 4.78 is 42.2. The third kappa shape index (κ3) is 5.85. The summed E-state index contributed by atoms with van der Waals surface area (Å²) in [5, 5.41) is 3.02. The topological polar surface area (TPSA) is 88.4 Å². The third-order valence-electron chi connectivity index (χ3n) is 2.27. The average Bonchev–Trinajstić information content (AvgIpc) is 2.74. The lowest BCUT2D eigenvalue weighted by Gasteiger charge is -2.05. The van der Waals surface area contributed by atoms with E-state index in [2.05, 4.69) is 10.0 Å². The van der Waals surface area contributed by atoms with Crippen LogP contribution in [0.5, 0.6) is 0 Å². The van der Waals surface area contributed by atoms with E-state index in [1.54, 1.807) is 6.07 Å². The normalized spacial score (nSPS) is 13.9. The van der Waals surface area contributed by atoms with Crippen molar-refractivity contribution in [2.24, 2.45) is 0 Å². The van der Waals surface area contributed by atoms with Gasteiger partial charge >= 0.3 is 0 Å². The van der Waals surface area contributed by atoms with Crippen molar-refractivity contribution in [3.05, 3.63) is 17.9 Å². The molecule has 19 heavy (non-hydrogen) atoms. The van der Waals surface area contributed by atoms with Gasteiger partial charge in [0, 0.05) is 35.4 Å². The molecule has 0 aliphatic heterocycles.